The number of carbonyl (C=O) groups excluding carboxylic acids is 1. The van der Waals surface area contributed by atoms with Gasteiger partial charge in [-0.2, -0.15) is 13.2 Å². The summed E-state index contributed by atoms with van der Waals surface area (Å²) in [7, 11) is 1.51. The monoisotopic (exact) mass is 398 g/mol. The molecule has 0 saturated carbocycles. The van der Waals surface area contributed by atoms with Gasteiger partial charge in [-0.1, -0.05) is 5.21 Å². The van der Waals surface area contributed by atoms with Gasteiger partial charge in [-0.05, 0) is 37.6 Å². The van der Waals surface area contributed by atoms with E-state index in [1.165, 1.54) is 11.8 Å². The average molecular weight is 398 g/mol. The number of carboxylic acids is 1. The van der Waals surface area contributed by atoms with Gasteiger partial charge in [-0.25, -0.2) is 4.68 Å². The van der Waals surface area contributed by atoms with Crippen LogP contribution < -0.4 is 4.74 Å². The summed E-state index contributed by atoms with van der Waals surface area (Å²) in [6.45, 7) is 0.265. The number of carbonyl (C=O) groups is 2. The first kappa shape index (κ1) is 19.6. The summed E-state index contributed by atoms with van der Waals surface area (Å²) in [6.07, 6.45) is -5.67. The number of alkyl halides is 3. The maximum absolute atomic E-state index is 13.3. The van der Waals surface area contributed by atoms with Gasteiger partial charge in [0, 0.05) is 13.1 Å². The second-order valence-electron chi connectivity index (χ2n) is 6.50. The van der Waals surface area contributed by atoms with Crippen LogP contribution in [0.4, 0.5) is 13.2 Å². The van der Waals surface area contributed by atoms with Crippen molar-refractivity contribution >= 4 is 11.9 Å². The Bertz CT molecular complexity index is 910. The number of aliphatic carboxylic acids is 1. The van der Waals surface area contributed by atoms with E-state index >= 15 is 0 Å². The maximum Gasteiger partial charge on any atom is 0.406 e. The Morgan fingerprint density at radius 1 is 1.25 bits per heavy atom. The van der Waals surface area contributed by atoms with Gasteiger partial charge in [0.05, 0.1) is 18.5 Å². The van der Waals surface area contributed by atoms with Crippen LogP contribution in [0.2, 0.25) is 0 Å². The molecule has 1 aromatic heterocycles. The Balaban J connectivity index is 1.86. The number of rotatable bonds is 4. The minimum atomic E-state index is -4.97. The number of benzene rings is 1. The lowest BCUT2D eigenvalue weighted by Gasteiger charge is -2.27. The lowest BCUT2D eigenvalue weighted by atomic mass is 9.86. The van der Waals surface area contributed by atoms with Crippen molar-refractivity contribution in [1.29, 1.82) is 0 Å². The molecule has 0 bridgehead atoms. The van der Waals surface area contributed by atoms with Crippen LogP contribution in [-0.2, 0) is 4.79 Å². The summed E-state index contributed by atoms with van der Waals surface area (Å²) in [5.41, 5.74) is -2.18. The molecule has 150 valence electrons. The van der Waals surface area contributed by atoms with Crippen LogP contribution in [0.25, 0.3) is 5.69 Å². The van der Waals surface area contributed by atoms with Gasteiger partial charge in [0.15, 0.2) is 11.1 Å². The van der Waals surface area contributed by atoms with Crippen LogP contribution in [0.1, 0.15) is 22.6 Å². The van der Waals surface area contributed by atoms with Crippen molar-refractivity contribution in [2.45, 2.75) is 19.5 Å². The molecule has 1 aliphatic rings. The lowest BCUT2D eigenvalue weighted by Crippen LogP contribution is -2.47. The molecule has 1 saturated heterocycles. The molecule has 3 rings (SSSR count). The lowest BCUT2D eigenvalue weighted by molar-refractivity contribution is -0.227. The van der Waals surface area contributed by atoms with Gasteiger partial charge in [0.25, 0.3) is 5.91 Å². The highest BCUT2D eigenvalue weighted by atomic mass is 19.4. The molecular weight excluding hydrogens is 381 g/mol. The number of amides is 1. The minimum absolute atomic E-state index is 0.126. The van der Waals surface area contributed by atoms with Crippen molar-refractivity contribution in [1.82, 2.24) is 19.9 Å². The molecule has 1 aliphatic heterocycles. The second kappa shape index (κ2) is 6.80. The van der Waals surface area contributed by atoms with Crippen LogP contribution in [0.3, 0.4) is 0 Å². The molecule has 1 N–H and O–H groups in total. The van der Waals surface area contributed by atoms with Crippen molar-refractivity contribution in [2.24, 2.45) is 5.41 Å². The van der Waals surface area contributed by atoms with Crippen molar-refractivity contribution < 1.29 is 32.6 Å². The predicted octanol–water partition coefficient (Wildman–Crippen LogP) is 2.06. The summed E-state index contributed by atoms with van der Waals surface area (Å²) >= 11 is 0. The van der Waals surface area contributed by atoms with Gasteiger partial charge in [0.2, 0.25) is 0 Å². The van der Waals surface area contributed by atoms with E-state index in [9.17, 15) is 22.8 Å². The van der Waals surface area contributed by atoms with Crippen LogP contribution >= 0.6 is 0 Å². The fourth-order valence-corrected chi connectivity index (χ4v) is 3.16. The molecule has 28 heavy (non-hydrogen) atoms. The summed E-state index contributed by atoms with van der Waals surface area (Å²) < 4.78 is 46.4. The van der Waals surface area contributed by atoms with Gasteiger partial charge in [0.1, 0.15) is 5.75 Å². The molecule has 8 nitrogen and oxygen atoms in total. The highest BCUT2D eigenvalue weighted by molar-refractivity contribution is 5.94. The Hall–Kier alpha value is -3.11. The zero-order valence-corrected chi connectivity index (χ0v) is 15.0. The van der Waals surface area contributed by atoms with E-state index in [2.05, 4.69) is 10.3 Å². The minimum Gasteiger partial charge on any atom is -0.497 e. The van der Waals surface area contributed by atoms with Crippen LogP contribution in [0.5, 0.6) is 5.75 Å². The van der Waals surface area contributed by atoms with Crippen LogP contribution in [-0.4, -0.2) is 63.3 Å². The van der Waals surface area contributed by atoms with E-state index in [1.807, 2.05) is 0 Å². The van der Waals surface area contributed by atoms with Crippen molar-refractivity contribution in [3.05, 3.63) is 35.7 Å². The number of likely N-dealkylation sites (tertiary alicyclic amines) is 1. The first-order chi connectivity index (χ1) is 13.1. The third kappa shape index (κ3) is 3.06. The van der Waals surface area contributed by atoms with E-state index in [-0.39, 0.29) is 12.2 Å². The molecule has 2 heterocycles. The summed E-state index contributed by atoms with van der Waals surface area (Å²) in [6, 6.07) is 6.74. The van der Waals surface area contributed by atoms with Crippen molar-refractivity contribution in [3.8, 4) is 11.4 Å². The quantitative estimate of drug-likeness (QED) is 0.847. The maximum atomic E-state index is 13.3. The molecule has 1 amide bonds. The second-order valence-corrected chi connectivity index (χ2v) is 6.50. The SMILES string of the molecule is COc1ccc(-n2nnc(C(=O)N3CCC(C(=O)O)(C(F)(F)F)C3)c2C)cc1. The van der Waals surface area contributed by atoms with Crippen LogP contribution in [0, 0.1) is 12.3 Å². The highest BCUT2D eigenvalue weighted by Crippen LogP contribution is 2.46. The molecule has 1 aromatic carbocycles. The summed E-state index contributed by atoms with van der Waals surface area (Å²) in [4.78, 5) is 24.8. The third-order valence-corrected chi connectivity index (χ3v) is 4.92. The molecule has 0 aliphatic carbocycles. The molecule has 11 heteroatoms. The zero-order valence-electron chi connectivity index (χ0n) is 15.0. The van der Waals surface area contributed by atoms with Gasteiger partial charge in [-0.15, -0.1) is 5.10 Å². The normalized spacial score (nSPS) is 19.7. The van der Waals surface area contributed by atoms with Gasteiger partial charge in [-0.3, -0.25) is 9.59 Å². The molecule has 2 aromatic rings. The fraction of sp³-hybridized carbons (Fsp3) is 0.412. The molecule has 1 fully saturated rings. The van der Waals surface area contributed by atoms with E-state index in [0.29, 0.717) is 17.1 Å². The Labute approximate surface area is 157 Å². The molecule has 1 unspecified atom stereocenters. The number of hydrogen-bond acceptors (Lipinski definition) is 5. The largest absolute Gasteiger partial charge is 0.497 e. The van der Waals surface area contributed by atoms with E-state index < -0.39 is 36.4 Å². The number of ether oxygens (including phenoxy) is 1. The first-order valence-corrected chi connectivity index (χ1v) is 8.27. The molecule has 0 spiro atoms. The average Bonchev–Trinajstić information content (AvgIpc) is 3.26. The highest BCUT2D eigenvalue weighted by Gasteiger charge is 2.64. The number of hydrogen-bond donors (Lipinski definition) is 1. The van der Waals surface area contributed by atoms with E-state index in [0.717, 1.165) is 4.90 Å². The Morgan fingerprint density at radius 2 is 1.89 bits per heavy atom. The molecule has 1 atom stereocenters. The van der Waals surface area contributed by atoms with Crippen molar-refractivity contribution in [2.75, 3.05) is 20.2 Å². The predicted molar refractivity (Wildman–Crippen MR) is 89.3 cm³/mol. The van der Waals surface area contributed by atoms with E-state index in [4.69, 9.17) is 9.84 Å². The number of aromatic nitrogens is 3. The Morgan fingerprint density at radius 3 is 2.39 bits per heavy atom. The third-order valence-electron chi connectivity index (χ3n) is 4.92. The van der Waals surface area contributed by atoms with Crippen molar-refractivity contribution in [3.63, 3.8) is 0 Å². The number of nitrogens with zero attached hydrogens (tertiary/aromatic N) is 4. The topological polar surface area (TPSA) is 97.5 Å². The molecule has 0 radical (unpaired) electrons. The number of halogens is 3. The van der Waals surface area contributed by atoms with Gasteiger partial charge < -0.3 is 14.7 Å². The Kier molecular flexibility index (Phi) is 4.77. The number of methoxy groups -OCH3 is 1. The first-order valence-electron chi connectivity index (χ1n) is 8.27. The van der Waals surface area contributed by atoms with E-state index in [1.54, 1.807) is 31.2 Å². The summed E-state index contributed by atoms with van der Waals surface area (Å²) in [5, 5.41) is 16.8. The standard InChI is InChI=1S/C17H17F3N4O4/c1-10-13(21-22-24(10)11-3-5-12(28-2)6-4-11)14(25)23-8-7-16(9-23,15(26)27)17(18,19)20/h3-6H,7-9H2,1-2H3,(H,26,27). The fourth-order valence-electron chi connectivity index (χ4n) is 3.16. The van der Waals surface area contributed by atoms with Gasteiger partial charge >= 0.3 is 12.1 Å². The zero-order chi connectivity index (χ0) is 20.7. The smallest absolute Gasteiger partial charge is 0.406 e. The van der Waals surface area contributed by atoms with Crippen LogP contribution in [0.15, 0.2) is 24.3 Å². The number of carboxylic acid groups (broad SMARTS) is 1. The summed E-state index contributed by atoms with van der Waals surface area (Å²) in [5.74, 6) is -2.16. The molecular formula is C17H17F3N4O4.